The molecule has 1 heterocycles. The minimum atomic E-state index is 0.546. The molecule has 0 saturated carbocycles. The van der Waals surface area contributed by atoms with Crippen molar-refractivity contribution in [2.75, 3.05) is 26.6 Å². The van der Waals surface area contributed by atoms with E-state index in [2.05, 4.69) is 15.3 Å². The average Bonchev–Trinajstić information content (AvgIpc) is 2.69. The third-order valence-corrected chi connectivity index (χ3v) is 3.93. The molecule has 0 saturated heterocycles. The monoisotopic (exact) mass is 351 g/mol. The van der Waals surface area contributed by atoms with Crippen LogP contribution in [0.25, 0.3) is 11.4 Å². The van der Waals surface area contributed by atoms with Gasteiger partial charge < -0.3 is 19.5 Å². The SMILES string of the molecule is COc1cc(Nc2nc(-c3ccccc3)ncc2C)cc(OC)c1OC. The van der Waals surface area contributed by atoms with Crippen molar-refractivity contribution in [2.45, 2.75) is 6.92 Å². The van der Waals surface area contributed by atoms with E-state index < -0.39 is 0 Å². The predicted octanol–water partition coefficient (Wildman–Crippen LogP) is 4.22. The fourth-order valence-electron chi connectivity index (χ4n) is 2.58. The van der Waals surface area contributed by atoms with Gasteiger partial charge in [-0.25, -0.2) is 9.97 Å². The van der Waals surface area contributed by atoms with Crippen LogP contribution in [-0.4, -0.2) is 31.3 Å². The van der Waals surface area contributed by atoms with E-state index in [4.69, 9.17) is 14.2 Å². The highest BCUT2D eigenvalue weighted by Crippen LogP contribution is 2.40. The van der Waals surface area contributed by atoms with Crippen molar-refractivity contribution in [3.8, 4) is 28.6 Å². The molecule has 0 aliphatic carbocycles. The highest BCUT2D eigenvalue weighted by Gasteiger charge is 2.14. The quantitative estimate of drug-likeness (QED) is 0.717. The van der Waals surface area contributed by atoms with E-state index in [-0.39, 0.29) is 0 Å². The molecule has 0 amide bonds. The standard InChI is InChI=1S/C20H21N3O3/c1-13-12-21-20(14-8-6-5-7-9-14)23-19(13)22-15-10-16(24-2)18(26-4)17(11-15)25-3/h5-12H,1-4H3,(H,21,22,23). The molecule has 134 valence electrons. The van der Waals surface area contributed by atoms with E-state index in [9.17, 15) is 0 Å². The molecule has 3 aromatic rings. The predicted molar refractivity (Wildman–Crippen MR) is 102 cm³/mol. The number of anilines is 2. The summed E-state index contributed by atoms with van der Waals surface area (Å²) in [6, 6.07) is 13.5. The van der Waals surface area contributed by atoms with Crippen LogP contribution in [-0.2, 0) is 0 Å². The van der Waals surface area contributed by atoms with Crippen molar-refractivity contribution >= 4 is 11.5 Å². The highest BCUT2D eigenvalue weighted by atomic mass is 16.5. The summed E-state index contributed by atoms with van der Waals surface area (Å²) in [5.74, 6) is 3.07. The average molecular weight is 351 g/mol. The summed E-state index contributed by atoms with van der Waals surface area (Å²) >= 11 is 0. The van der Waals surface area contributed by atoms with E-state index in [0.717, 1.165) is 16.8 Å². The van der Waals surface area contributed by atoms with Crippen LogP contribution in [0.1, 0.15) is 5.56 Å². The number of aromatic nitrogens is 2. The maximum absolute atomic E-state index is 5.40. The molecule has 0 aliphatic heterocycles. The summed E-state index contributed by atoms with van der Waals surface area (Å²) in [5, 5.41) is 3.32. The molecule has 0 unspecified atom stereocenters. The molecule has 0 fully saturated rings. The summed E-state index contributed by atoms with van der Waals surface area (Å²) in [4.78, 5) is 9.08. The van der Waals surface area contributed by atoms with Crippen LogP contribution >= 0.6 is 0 Å². The molecular formula is C20H21N3O3. The van der Waals surface area contributed by atoms with Crippen LogP contribution in [0.2, 0.25) is 0 Å². The lowest BCUT2D eigenvalue weighted by atomic mass is 10.2. The zero-order valence-corrected chi connectivity index (χ0v) is 15.2. The molecular weight excluding hydrogens is 330 g/mol. The Bertz CT molecular complexity index is 873. The minimum Gasteiger partial charge on any atom is -0.493 e. The van der Waals surface area contributed by atoms with Crippen molar-refractivity contribution in [3.63, 3.8) is 0 Å². The molecule has 6 nitrogen and oxygen atoms in total. The van der Waals surface area contributed by atoms with Crippen molar-refractivity contribution in [3.05, 3.63) is 54.2 Å². The number of nitrogens with zero attached hydrogens (tertiary/aromatic N) is 2. The largest absolute Gasteiger partial charge is 0.493 e. The fourth-order valence-corrected chi connectivity index (χ4v) is 2.58. The number of hydrogen-bond donors (Lipinski definition) is 1. The van der Waals surface area contributed by atoms with Crippen LogP contribution in [0.3, 0.4) is 0 Å². The van der Waals surface area contributed by atoms with Gasteiger partial charge in [-0.15, -0.1) is 0 Å². The van der Waals surface area contributed by atoms with Gasteiger partial charge in [0.2, 0.25) is 5.75 Å². The number of ether oxygens (including phenoxy) is 3. The lowest BCUT2D eigenvalue weighted by Crippen LogP contribution is -2.02. The van der Waals surface area contributed by atoms with Gasteiger partial charge in [-0.3, -0.25) is 0 Å². The number of aryl methyl sites for hydroxylation is 1. The molecule has 0 bridgehead atoms. The zero-order valence-electron chi connectivity index (χ0n) is 15.2. The highest BCUT2D eigenvalue weighted by molar-refractivity contribution is 5.69. The first kappa shape index (κ1) is 17.5. The molecule has 0 aliphatic rings. The Labute approximate surface area is 152 Å². The number of methoxy groups -OCH3 is 3. The second-order valence-corrected chi connectivity index (χ2v) is 5.63. The fraction of sp³-hybridized carbons (Fsp3) is 0.200. The lowest BCUT2D eigenvalue weighted by Gasteiger charge is -2.16. The van der Waals surface area contributed by atoms with Gasteiger partial charge in [0.05, 0.1) is 21.3 Å². The molecule has 0 radical (unpaired) electrons. The van der Waals surface area contributed by atoms with E-state index in [1.54, 1.807) is 27.5 Å². The van der Waals surface area contributed by atoms with Gasteiger partial charge in [-0.2, -0.15) is 0 Å². The Morgan fingerprint density at radius 2 is 1.54 bits per heavy atom. The Morgan fingerprint density at radius 3 is 2.12 bits per heavy atom. The van der Waals surface area contributed by atoms with Gasteiger partial charge in [0, 0.05) is 35.1 Å². The van der Waals surface area contributed by atoms with Gasteiger partial charge in [-0.05, 0) is 6.92 Å². The lowest BCUT2D eigenvalue weighted by molar-refractivity contribution is 0.324. The van der Waals surface area contributed by atoms with E-state index in [0.29, 0.717) is 28.9 Å². The van der Waals surface area contributed by atoms with E-state index >= 15 is 0 Å². The molecule has 2 aromatic carbocycles. The van der Waals surface area contributed by atoms with Gasteiger partial charge in [0.15, 0.2) is 17.3 Å². The number of rotatable bonds is 6. The molecule has 6 heteroatoms. The Hall–Kier alpha value is -3.28. The second-order valence-electron chi connectivity index (χ2n) is 5.63. The Balaban J connectivity index is 1.99. The van der Waals surface area contributed by atoms with Gasteiger partial charge >= 0.3 is 0 Å². The van der Waals surface area contributed by atoms with Crippen molar-refractivity contribution < 1.29 is 14.2 Å². The minimum absolute atomic E-state index is 0.546. The molecule has 0 spiro atoms. The van der Waals surface area contributed by atoms with Gasteiger partial charge in [0.25, 0.3) is 0 Å². The maximum Gasteiger partial charge on any atom is 0.203 e. The Morgan fingerprint density at radius 1 is 0.885 bits per heavy atom. The summed E-state index contributed by atoms with van der Waals surface area (Å²) in [6.45, 7) is 1.95. The van der Waals surface area contributed by atoms with Crippen LogP contribution in [0.4, 0.5) is 11.5 Å². The summed E-state index contributed by atoms with van der Waals surface area (Å²) in [5.41, 5.74) is 2.67. The van der Waals surface area contributed by atoms with Crippen molar-refractivity contribution in [1.29, 1.82) is 0 Å². The van der Waals surface area contributed by atoms with Gasteiger partial charge in [-0.1, -0.05) is 30.3 Å². The molecule has 0 atom stereocenters. The normalized spacial score (nSPS) is 10.3. The number of benzene rings is 2. The summed E-state index contributed by atoms with van der Waals surface area (Å²) in [6.07, 6.45) is 1.80. The van der Waals surface area contributed by atoms with Crippen LogP contribution in [0.15, 0.2) is 48.7 Å². The van der Waals surface area contributed by atoms with Crippen LogP contribution in [0.5, 0.6) is 17.2 Å². The molecule has 1 aromatic heterocycles. The van der Waals surface area contributed by atoms with Gasteiger partial charge in [0.1, 0.15) is 5.82 Å². The molecule has 26 heavy (non-hydrogen) atoms. The summed E-state index contributed by atoms with van der Waals surface area (Å²) in [7, 11) is 4.75. The number of hydrogen-bond acceptors (Lipinski definition) is 6. The van der Waals surface area contributed by atoms with E-state index in [1.165, 1.54) is 0 Å². The maximum atomic E-state index is 5.40. The Kier molecular flexibility index (Phi) is 5.22. The first-order valence-electron chi connectivity index (χ1n) is 8.12. The first-order chi connectivity index (χ1) is 12.7. The zero-order chi connectivity index (χ0) is 18.5. The second kappa shape index (κ2) is 7.74. The van der Waals surface area contributed by atoms with E-state index in [1.807, 2.05) is 49.4 Å². The number of nitrogens with one attached hydrogen (secondary N) is 1. The van der Waals surface area contributed by atoms with Crippen molar-refractivity contribution in [1.82, 2.24) is 9.97 Å². The van der Waals surface area contributed by atoms with Crippen molar-refractivity contribution in [2.24, 2.45) is 0 Å². The summed E-state index contributed by atoms with van der Waals surface area (Å²) < 4.78 is 16.2. The first-order valence-corrected chi connectivity index (χ1v) is 8.12. The third-order valence-electron chi connectivity index (χ3n) is 3.93. The molecule has 1 N–H and O–H groups in total. The molecule has 3 rings (SSSR count). The van der Waals surface area contributed by atoms with Crippen LogP contribution in [0, 0.1) is 6.92 Å². The third kappa shape index (κ3) is 3.54. The van der Waals surface area contributed by atoms with Crippen LogP contribution < -0.4 is 19.5 Å². The topological polar surface area (TPSA) is 65.5 Å². The smallest absolute Gasteiger partial charge is 0.203 e.